The number of imidazole rings is 1. The van der Waals surface area contributed by atoms with Crippen LogP contribution < -0.4 is 5.32 Å². The van der Waals surface area contributed by atoms with Crippen molar-refractivity contribution in [3.63, 3.8) is 0 Å². The number of benzene rings is 1. The molecule has 0 spiro atoms. The molecule has 3 rings (SSSR count). The fourth-order valence-corrected chi connectivity index (χ4v) is 2.49. The van der Waals surface area contributed by atoms with Gasteiger partial charge in [0.15, 0.2) is 28.2 Å². The van der Waals surface area contributed by atoms with E-state index < -0.39 is 29.0 Å². The predicted octanol–water partition coefficient (Wildman–Crippen LogP) is 3.56. The smallest absolute Gasteiger partial charge is 0.193 e. The van der Waals surface area contributed by atoms with E-state index in [-0.39, 0.29) is 12.6 Å². The topological polar surface area (TPSA) is 29.3 Å². The van der Waals surface area contributed by atoms with Gasteiger partial charge in [0.2, 0.25) is 0 Å². The third-order valence-corrected chi connectivity index (χ3v) is 3.47. The van der Waals surface area contributed by atoms with Gasteiger partial charge < -0.3 is 5.32 Å². The van der Waals surface area contributed by atoms with Crippen molar-refractivity contribution in [1.82, 2.24) is 9.38 Å². The third-order valence-electron chi connectivity index (χ3n) is 2.70. The first-order valence-corrected chi connectivity index (χ1v) is 6.42. The van der Waals surface area contributed by atoms with Crippen LogP contribution in [0.4, 0.5) is 23.2 Å². The highest BCUT2D eigenvalue weighted by atomic mass is 32.1. The molecule has 8 heteroatoms. The fourth-order valence-electron chi connectivity index (χ4n) is 1.77. The van der Waals surface area contributed by atoms with Crippen molar-refractivity contribution in [3.05, 3.63) is 52.8 Å². The zero-order valence-corrected chi connectivity index (χ0v) is 10.6. The van der Waals surface area contributed by atoms with Crippen LogP contribution in [-0.4, -0.2) is 9.38 Å². The van der Waals surface area contributed by atoms with Crippen molar-refractivity contribution in [1.29, 1.82) is 0 Å². The van der Waals surface area contributed by atoms with Gasteiger partial charge in [0.25, 0.3) is 0 Å². The zero-order chi connectivity index (χ0) is 14.3. The van der Waals surface area contributed by atoms with Crippen molar-refractivity contribution in [2.24, 2.45) is 0 Å². The molecule has 0 bridgehead atoms. The van der Waals surface area contributed by atoms with Crippen molar-refractivity contribution in [2.45, 2.75) is 6.54 Å². The summed E-state index contributed by atoms with van der Waals surface area (Å²) in [5.74, 6) is -5.80. The minimum atomic E-state index is -1.45. The average molecular weight is 301 g/mol. The second kappa shape index (κ2) is 4.78. The van der Waals surface area contributed by atoms with E-state index in [0.717, 1.165) is 0 Å². The van der Waals surface area contributed by atoms with E-state index in [1.807, 2.05) is 5.38 Å². The largest absolute Gasteiger partial charge is 0.374 e. The highest BCUT2D eigenvalue weighted by molar-refractivity contribution is 7.15. The van der Waals surface area contributed by atoms with Crippen LogP contribution >= 0.6 is 11.3 Å². The van der Waals surface area contributed by atoms with Crippen molar-refractivity contribution in [3.8, 4) is 0 Å². The Bertz CT molecular complexity index is 726. The Morgan fingerprint density at radius 3 is 2.50 bits per heavy atom. The SMILES string of the molecule is Fc1cc(F)c(F)c(NCc2cn3ccsc3n2)c1F. The van der Waals surface area contributed by atoms with Gasteiger partial charge in [0.05, 0.1) is 12.2 Å². The maximum atomic E-state index is 13.4. The summed E-state index contributed by atoms with van der Waals surface area (Å²) in [6, 6.07) is 0.169. The highest BCUT2D eigenvalue weighted by Gasteiger charge is 2.19. The number of halogens is 4. The van der Waals surface area contributed by atoms with Gasteiger partial charge in [-0.05, 0) is 0 Å². The lowest BCUT2D eigenvalue weighted by Crippen LogP contribution is -2.07. The second-order valence-corrected chi connectivity index (χ2v) is 4.89. The Labute approximate surface area is 114 Å². The summed E-state index contributed by atoms with van der Waals surface area (Å²) in [6.45, 7) is -0.0505. The van der Waals surface area contributed by atoms with Crippen LogP contribution in [0.25, 0.3) is 4.96 Å². The molecule has 0 fully saturated rings. The Balaban J connectivity index is 1.86. The summed E-state index contributed by atoms with van der Waals surface area (Å²) >= 11 is 1.40. The lowest BCUT2D eigenvalue weighted by molar-refractivity contribution is 0.458. The predicted molar refractivity (Wildman–Crippen MR) is 66.7 cm³/mol. The quantitative estimate of drug-likeness (QED) is 0.592. The van der Waals surface area contributed by atoms with E-state index in [4.69, 9.17) is 0 Å². The van der Waals surface area contributed by atoms with Gasteiger partial charge in [-0.15, -0.1) is 11.3 Å². The summed E-state index contributed by atoms with van der Waals surface area (Å²) in [6.07, 6.45) is 3.43. The van der Waals surface area contributed by atoms with Gasteiger partial charge in [-0.25, -0.2) is 22.5 Å². The number of aromatic nitrogens is 2. The number of thiazole rings is 1. The average Bonchev–Trinajstić information content (AvgIpc) is 2.97. The number of hydrogen-bond acceptors (Lipinski definition) is 3. The van der Waals surface area contributed by atoms with Gasteiger partial charge in [-0.3, -0.25) is 4.40 Å². The van der Waals surface area contributed by atoms with Gasteiger partial charge in [-0.2, -0.15) is 0 Å². The van der Waals surface area contributed by atoms with Crippen LogP contribution in [0.1, 0.15) is 5.69 Å². The van der Waals surface area contributed by atoms with Crippen molar-refractivity contribution < 1.29 is 17.6 Å². The molecule has 0 unspecified atom stereocenters. The maximum Gasteiger partial charge on any atom is 0.193 e. The van der Waals surface area contributed by atoms with Crippen LogP contribution in [0, 0.1) is 23.3 Å². The molecule has 2 aromatic heterocycles. The van der Waals surface area contributed by atoms with E-state index in [0.29, 0.717) is 10.7 Å². The molecule has 1 aromatic carbocycles. The van der Waals surface area contributed by atoms with Gasteiger partial charge >= 0.3 is 0 Å². The molecule has 3 aromatic rings. The molecule has 0 atom stereocenters. The van der Waals surface area contributed by atoms with Crippen molar-refractivity contribution in [2.75, 3.05) is 5.32 Å². The van der Waals surface area contributed by atoms with Gasteiger partial charge in [0, 0.05) is 23.8 Å². The summed E-state index contributed by atoms with van der Waals surface area (Å²) < 4.78 is 54.6. The number of anilines is 1. The van der Waals surface area contributed by atoms with Crippen LogP contribution in [0.5, 0.6) is 0 Å². The molecule has 0 aliphatic rings. The molecular formula is C12H7F4N3S. The number of nitrogens with one attached hydrogen (secondary N) is 1. The van der Waals surface area contributed by atoms with E-state index >= 15 is 0 Å². The molecule has 3 nitrogen and oxygen atoms in total. The minimum absolute atomic E-state index is 0.0505. The minimum Gasteiger partial charge on any atom is -0.374 e. The standard InChI is InChI=1S/C12H7F4N3S/c13-7-3-8(14)10(16)11(9(7)15)17-4-6-5-19-1-2-20-12(19)18-6/h1-3,5,17H,4H2. The third kappa shape index (κ3) is 2.11. The summed E-state index contributed by atoms with van der Waals surface area (Å²) in [4.78, 5) is 4.89. The molecule has 0 radical (unpaired) electrons. The maximum absolute atomic E-state index is 13.4. The normalized spacial score (nSPS) is 11.2. The Hall–Kier alpha value is -2.09. The lowest BCUT2D eigenvalue weighted by atomic mass is 10.2. The van der Waals surface area contributed by atoms with Crippen LogP contribution in [0.3, 0.4) is 0 Å². The molecule has 20 heavy (non-hydrogen) atoms. The Kier molecular flexibility index (Phi) is 3.09. The van der Waals surface area contributed by atoms with Crippen LogP contribution in [-0.2, 0) is 6.54 Å². The highest BCUT2D eigenvalue weighted by Crippen LogP contribution is 2.24. The fraction of sp³-hybridized carbons (Fsp3) is 0.0833. The monoisotopic (exact) mass is 301 g/mol. The Morgan fingerprint density at radius 1 is 1.15 bits per heavy atom. The number of rotatable bonds is 3. The molecule has 2 heterocycles. The summed E-state index contributed by atoms with van der Waals surface area (Å²) in [7, 11) is 0. The molecular weight excluding hydrogens is 294 g/mol. The van der Waals surface area contributed by atoms with E-state index in [9.17, 15) is 17.6 Å². The Morgan fingerprint density at radius 2 is 1.85 bits per heavy atom. The zero-order valence-electron chi connectivity index (χ0n) is 9.83. The second-order valence-electron chi connectivity index (χ2n) is 4.02. The molecule has 0 saturated heterocycles. The van der Waals surface area contributed by atoms with Crippen LogP contribution in [0.2, 0.25) is 0 Å². The molecule has 0 aliphatic carbocycles. The first-order chi connectivity index (χ1) is 9.56. The van der Waals surface area contributed by atoms with E-state index in [1.54, 1.807) is 16.8 Å². The van der Waals surface area contributed by atoms with Crippen LogP contribution in [0.15, 0.2) is 23.8 Å². The van der Waals surface area contributed by atoms with Crippen molar-refractivity contribution >= 4 is 22.0 Å². The number of hydrogen-bond donors (Lipinski definition) is 1. The molecule has 0 saturated carbocycles. The summed E-state index contributed by atoms with van der Waals surface area (Å²) in [5.41, 5.74) is -0.334. The lowest BCUT2D eigenvalue weighted by Gasteiger charge is -2.08. The number of fused-ring (bicyclic) bond motifs is 1. The first kappa shape index (κ1) is 12.9. The first-order valence-electron chi connectivity index (χ1n) is 5.54. The summed E-state index contributed by atoms with van der Waals surface area (Å²) in [5, 5.41) is 4.16. The van der Waals surface area contributed by atoms with Gasteiger partial charge in [0.1, 0.15) is 5.69 Å². The van der Waals surface area contributed by atoms with Gasteiger partial charge in [-0.1, -0.05) is 0 Å². The molecule has 0 amide bonds. The molecule has 1 N–H and O–H groups in total. The number of nitrogens with zero attached hydrogens (tertiary/aromatic N) is 2. The molecule has 104 valence electrons. The molecule has 0 aliphatic heterocycles. The van der Waals surface area contributed by atoms with E-state index in [1.165, 1.54) is 11.3 Å². The van der Waals surface area contributed by atoms with E-state index in [2.05, 4.69) is 10.3 Å².